The third-order valence-electron chi connectivity index (χ3n) is 9.45. The van der Waals surface area contributed by atoms with Crippen LogP contribution in [0.1, 0.15) is 54.5 Å². The number of hydrogen-bond donors (Lipinski definition) is 0. The molecule has 216 valence electrons. The van der Waals surface area contributed by atoms with Crippen molar-refractivity contribution in [1.29, 1.82) is 0 Å². The summed E-state index contributed by atoms with van der Waals surface area (Å²) in [6.45, 7) is 0. The van der Waals surface area contributed by atoms with E-state index >= 15 is 0 Å². The maximum Gasteiger partial charge on any atom is 0.190 e. The fourth-order valence-corrected chi connectivity index (χ4v) is 8.88. The molecule has 0 fully saturated rings. The first-order valence-corrected chi connectivity index (χ1v) is 16.5. The van der Waals surface area contributed by atoms with Crippen LogP contribution in [0, 0.1) is 0 Å². The van der Waals surface area contributed by atoms with Crippen molar-refractivity contribution in [2.75, 3.05) is 5.75 Å². The van der Waals surface area contributed by atoms with Crippen LogP contribution < -0.4 is 0 Å². The fraction of sp³-hybridized carbons (Fsp3) is 0.0952. The van der Waals surface area contributed by atoms with Crippen molar-refractivity contribution in [1.82, 2.24) is 0 Å². The number of ketones is 2. The van der Waals surface area contributed by atoms with Crippen molar-refractivity contribution in [3.8, 4) is 0 Å². The highest BCUT2D eigenvalue weighted by atomic mass is 32.2. The van der Waals surface area contributed by atoms with Gasteiger partial charge in [0.25, 0.3) is 0 Å². The highest BCUT2D eigenvalue weighted by Gasteiger charge is 2.56. The Kier molecular flexibility index (Phi) is 6.84. The smallest absolute Gasteiger partial charge is 0.190 e. The van der Waals surface area contributed by atoms with Gasteiger partial charge in [-0.1, -0.05) is 152 Å². The van der Waals surface area contributed by atoms with Gasteiger partial charge in [0.1, 0.15) is 0 Å². The molecule has 2 bridgehead atoms. The minimum absolute atomic E-state index is 0.0744. The molecular formula is C42H30O2S. The molecule has 2 nitrogen and oxygen atoms in total. The summed E-state index contributed by atoms with van der Waals surface area (Å²) >= 11 is 1.83. The van der Waals surface area contributed by atoms with Crippen LogP contribution in [-0.2, 0) is 11.2 Å². The van der Waals surface area contributed by atoms with Crippen molar-refractivity contribution in [3.63, 3.8) is 0 Å². The number of carbonyl (C=O) groups is 2. The first-order chi connectivity index (χ1) is 22.2. The molecule has 45 heavy (non-hydrogen) atoms. The zero-order valence-corrected chi connectivity index (χ0v) is 25.5. The van der Waals surface area contributed by atoms with E-state index in [1.807, 2.05) is 72.4 Å². The number of rotatable bonds is 8. The van der Waals surface area contributed by atoms with Crippen molar-refractivity contribution >= 4 is 34.1 Å². The van der Waals surface area contributed by atoms with Gasteiger partial charge in [0.15, 0.2) is 11.6 Å². The quantitative estimate of drug-likeness (QED) is 0.164. The molecule has 0 N–H and O–H groups in total. The van der Waals surface area contributed by atoms with E-state index < -0.39 is 5.41 Å². The van der Waals surface area contributed by atoms with E-state index in [0.717, 1.165) is 28.0 Å². The van der Waals surface area contributed by atoms with E-state index in [4.69, 9.17) is 0 Å². The number of hydrogen-bond acceptors (Lipinski definition) is 3. The van der Waals surface area contributed by atoms with E-state index in [-0.39, 0.29) is 17.5 Å². The summed E-state index contributed by atoms with van der Waals surface area (Å²) < 4.78 is 0. The van der Waals surface area contributed by atoms with Gasteiger partial charge in [-0.3, -0.25) is 9.59 Å². The van der Waals surface area contributed by atoms with Crippen LogP contribution in [0.15, 0.2) is 163 Å². The maximum atomic E-state index is 14.9. The van der Waals surface area contributed by atoms with Gasteiger partial charge in [-0.25, -0.2) is 0 Å². The number of carbonyl (C=O) groups excluding carboxylic acids is 2. The molecule has 6 aromatic carbocycles. The van der Waals surface area contributed by atoms with E-state index in [2.05, 4.69) is 91.0 Å². The lowest BCUT2D eigenvalue weighted by atomic mass is 9.52. The summed E-state index contributed by atoms with van der Waals surface area (Å²) in [7, 11) is 0. The number of benzene rings is 6. The van der Waals surface area contributed by atoms with E-state index in [0.29, 0.717) is 28.0 Å². The minimum atomic E-state index is -0.802. The lowest BCUT2D eigenvalue weighted by molar-refractivity contribution is 0.0981. The molecule has 0 heterocycles. The molecule has 0 aliphatic heterocycles. The summed E-state index contributed by atoms with van der Waals surface area (Å²) in [6, 6.07) is 50.8. The molecule has 6 aromatic rings. The van der Waals surface area contributed by atoms with E-state index in [9.17, 15) is 9.59 Å². The molecule has 3 heteroatoms. The zero-order valence-electron chi connectivity index (χ0n) is 24.7. The normalized spacial score (nSPS) is 18.0. The van der Waals surface area contributed by atoms with Gasteiger partial charge in [-0.2, -0.15) is 11.8 Å². The van der Waals surface area contributed by atoms with Gasteiger partial charge in [-0.05, 0) is 38.6 Å². The van der Waals surface area contributed by atoms with Gasteiger partial charge in [0.2, 0.25) is 0 Å². The second-order valence-electron chi connectivity index (χ2n) is 11.8. The number of Topliss-reactive ketones (excluding diaryl/α,β-unsaturated/α-hetero) is 2. The van der Waals surface area contributed by atoms with Gasteiger partial charge >= 0.3 is 0 Å². The Morgan fingerprint density at radius 1 is 0.556 bits per heavy atom. The molecule has 0 spiro atoms. The Balaban J connectivity index is 1.37. The molecule has 0 unspecified atom stereocenters. The highest BCUT2D eigenvalue weighted by molar-refractivity contribution is 7.98. The first kappa shape index (κ1) is 27.6. The predicted octanol–water partition coefficient (Wildman–Crippen LogP) is 9.58. The number of thioether (sulfide) groups is 1. The average molecular weight is 599 g/mol. The fourth-order valence-electron chi connectivity index (χ4n) is 7.54. The summed E-state index contributed by atoms with van der Waals surface area (Å²) in [5, 5.41) is 2.47. The van der Waals surface area contributed by atoms with Crippen LogP contribution in [0.4, 0.5) is 0 Å². The van der Waals surface area contributed by atoms with Crippen LogP contribution in [0.25, 0.3) is 10.8 Å². The van der Waals surface area contributed by atoms with Crippen LogP contribution >= 0.6 is 11.8 Å². The van der Waals surface area contributed by atoms with Crippen molar-refractivity contribution in [2.24, 2.45) is 0 Å². The van der Waals surface area contributed by atoms with Gasteiger partial charge in [0.05, 0.1) is 5.41 Å². The van der Waals surface area contributed by atoms with Gasteiger partial charge in [0, 0.05) is 39.7 Å². The number of allylic oxidation sites excluding steroid dienone is 2. The molecule has 3 aliphatic carbocycles. The predicted molar refractivity (Wildman–Crippen MR) is 184 cm³/mol. The van der Waals surface area contributed by atoms with Crippen molar-refractivity contribution in [3.05, 3.63) is 202 Å². The molecule has 0 atom stereocenters. The Labute approximate surface area is 267 Å². The summed E-state index contributed by atoms with van der Waals surface area (Å²) in [6.07, 6.45) is 0. The largest absolute Gasteiger partial charge is 0.289 e. The standard InChI is InChI=1S/C42H30O2S/c43-40(29-15-3-1-4-16-29)38-37-33-22-9-11-24-35(33)42(36-25-12-10-23-34(36)37,39(38)41(44)30-17-5-2-6-18-30)27-45-26-31-20-13-19-28-14-7-8-21-32(28)31/h1-25,37H,26-27H2. The highest BCUT2D eigenvalue weighted by Crippen LogP contribution is 2.61. The minimum Gasteiger partial charge on any atom is -0.289 e. The molecule has 0 radical (unpaired) electrons. The average Bonchev–Trinajstić information content (AvgIpc) is 3.11. The second-order valence-corrected chi connectivity index (χ2v) is 12.8. The molecule has 0 saturated carbocycles. The van der Waals surface area contributed by atoms with E-state index in [1.54, 1.807) is 0 Å². The van der Waals surface area contributed by atoms with E-state index in [1.165, 1.54) is 16.3 Å². The summed E-state index contributed by atoms with van der Waals surface area (Å²) in [5.41, 5.74) is 7.39. The maximum absolute atomic E-state index is 14.9. The monoisotopic (exact) mass is 598 g/mol. The molecule has 0 aromatic heterocycles. The summed E-state index contributed by atoms with van der Waals surface area (Å²) in [5.74, 6) is 0.932. The molecular weight excluding hydrogens is 569 g/mol. The Morgan fingerprint density at radius 2 is 1.09 bits per heavy atom. The molecule has 9 rings (SSSR count). The van der Waals surface area contributed by atoms with Crippen LogP contribution in [0.3, 0.4) is 0 Å². The Morgan fingerprint density at radius 3 is 1.76 bits per heavy atom. The molecule has 3 aliphatic rings. The van der Waals surface area contributed by atoms with Crippen LogP contribution in [-0.4, -0.2) is 17.3 Å². The molecule has 0 amide bonds. The third-order valence-corrected chi connectivity index (χ3v) is 10.6. The van der Waals surface area contributed by atoms with Crippen molar-refractivity contribution < 1.29 is 9.59 Å². The summed E-state index contributed by atoms with van der Waals surface area (Å²) in [4.78, 5) is 29.7. The number of fused-ring (bicyclic) bond motifs is 1. The first-order valence-electron chi connectivity index (χ1n) is 15.4. The Hall–Kier alpha value is -4.99. The van der Waals surface area contributed by atoms with Gasteiger partial charge in [-0.15, -0.1) is 0 Å². The molecule has 0 saturated heterocycles. The SMILES string of the molecule is O=C(C1=C(C(=O)c2ccccc2)C2(CSCc3cccc4ccccc34)c3ccccc3C1c1ccccc12)c1ccccc1. The van der Waals surface area contributed by atoms with Gasteiger partial charge < -0.3 is 0 Å². The van der Waals surface area contributed by atoms with Crippen molar-refractivity contribution in [2.45, 2.75) is 17.1 Å². The van der Waals surface area contributed by atoms with Crippen LogP contribution in [0.2, 0.25) is 0 Å². The Bertz CT molecular complexity index is 2070. The van der Waals surface area contributed by atoms with Crippen LogP contribution in [0.5, 0.6) is 0 Å². The lowest BCUT2D eigenvalue weighted by Gasteiger charge is -2.51. The second kappa shape index (κ2) is 11.2. The third kappa shape index (κ3) is 4.34. The zero-order chi connectivity index (χ0) is 30.4. The lowest BCUT2D eigenvalue weighted by Crippen LogP contribution is -2.48. The topological polar surface area (TPSA) is 34.1 Å².